The van der Waals surface area contributed by atoms with Crippen LogP contribution in [0.4, 0.5) is 0 Å². The van der Waals surface area contributed by atoms with Crippen molar-refractivity contribution in [3.8, 4) is 0 Å². The lowest BCUT2D eigenvalue weighted by atomic mass is 10.0. The maximum absolute atomic E-state index is 12.0. The molecule has 7 N–H and O–H groups in total. The number of hydrogen-bond acceptors (Lipinski definition) is 8. The summed E-state index contributed by atoms with van der Waals surface area (Å²) in [5, 5.41) is 44.2. The lowest BCUT2D eigenvalue weighted by Gasteiger charge is -2.25. The van der Waals surface area contributed by atoms with Crippen LogP contribution >= 0.6 is 0 Å². The van der Waals surface area contributed by atoms with Crippen molar-refractivity contribution in [1.82, 2.24) is 19.9 Å². The second kappa shape index (κ2) is 8.68. The summed E-state index contributed by atoms with van der Waals surface area (Å²) in [5.41, 5.74) is 0.0102. The topological polar surface area (TPSA) is 190 Å². The predicted octanol–water partition coefficient (Wildman–Crippen LogP) is -1.76. The maximum atomic E-state index is 12.0. The van der Waals surface area contributed by atoms with E-state index in [1.807, 2.05) is 29.2 Å². The van der Waals surface area contributed by atoms with Crippen LogP contribution < -0.4 is 16.6 Å². The van der Waals surface area contributed by atoms with Crippen molar-refractivity contribution in [3.63, 3.8) is 0 Å². The number of aliphatic carboxylic acids is 1. The number of aliphatic hydroxyl groups is 3. The van der Waals surface area contributed by atoms with Crippen molar-refractivity contribution in [2.45, 2.75) is 43.2 Å². The maximum Gasteiger partial charge on any atom is 0.330 e. The number of rotatable bonds is 7. The van der Waals surface area contributed by atoms with Crippen molar-refractivity contribution in [1.29, 1.82) is 0 Å². The van der Waals surface area contributed by atoms with Crippen LogP contribution in [0.1, 0.15) is 11.8 Å². The Morgan fingerprint density at radius 1 is 1.19 bits per heavy atom. The van der Waals surface area contributed by atoms with Crippen molar-refractivity contribution >= 4 is 16.9 Å². The molecule has 1 aliphatic rings. The predicted molar refractivity (Wildman–Crippen MR) is 110 cm³/mol. The molecule has 12 nitrogen and oxygen atoms in total. The van der Waals surface area contributed by atoms with Crippen LogP contribution in [-0.4, -0.2) is 71.5 Å². The van der Waals surface area contributed by atoms with Crippen LogP contribution in [0, 0.1) is 0 Å². The zero-order valence-electron chi connectivity index (χ0n) is 16.6. The highest BCUT2D eigenvalue weighted by molar-refractivity contribution is 5.84. The standard InChI is InChI=1S/C20H22N4O8/c25-13-5-6-24(20(31)23-13)18-15(27)14(26)16(32-18)17(28)22-12(19(29)30)7-9-8-21-11-4-2-1-3-10(9)11/h1-6,8,12,14-18,21-22,26-28H,7H2,(H,29,30)(H,23,25,31)/t12-,14-,15+,16-,17?,18+/m0/s1. The van der Waals surface area contributed by atoms with E-state index in [0.717, 1.165) is 27.7 Å². The Kier molecular flexibility index (Phi) is 5.95. The Morgan fingerprint density at radius 3 is 2.66 bits per heavy atom. The molecule has 4 rings (SSSR count). The molecule has 0 bridgehead atoms. The molecule has 6 atom stereocenters. The summed E-state index contributed by atoms with van der Waals surface area (Å²) in [6.07, 6.45) is -4.99. The van der Waals surface area contributed by atoms with E-state index in [0.29, 0.717) is 5.56 Å². The summed E-state index contributed by atoms with van der Waals surface area (Å²) in [7, 11) is 0. The number of carbonyl (C=O) groups is 1. The zero-order chi connectivity index (χ0) is 23.0. The minimum absolute atomic E-state index is 0.0184. The van der Waals surface area contributed by atoms with Gasteiger partial charge in [-0.1, -0.05) is 18.2 Å². The van der Waals surface area contributed by atoms with E-state index in [1.165, 1.54) is 0 Å². The molecule has 1 aromatic carbocycles. The quantitative estimate of drug-likeness (QED) is 0.206. The number of fused-ring (bicyclic) bond motifs is 1. The number of para-hydroxylation sites is 1. The van der Waals surface area contributed by atoms with Gasteiger partial charge in [-0.05, 0) is 11.6 Å². The first-order valence-corrected chi connectivity index (χ1v) is 9.81. The first kappa shape index (κ1) is 21.9. The van der Waals surface area contributed by atoms with E-state index < -0.39 is 54.0 Å². The van der Waals surface area contributed by atoms with Crippen LogP contribution in [0.25, 0.3) is 10.9 Å². The van der Waals surface area contributed by atoms with Gasteiger partial charge in [-0.3, -0.25) is 24.5 Å². The number of nitrogens with one attached hydrogen (secondary N) is 3. The number of carboxylic acid groups (broad SMARTS) is 1. The molecule has 1 fully saturated rings. The van der Waals surface area contributed by atoms with Gasteiger partial charge >= 0.3 is 11.7 Å². The molecule has 32 heavy (non-hydrogen) atoms. The van der Waals surface area contributed by atoms with Gasteiger partial charge in [0.25, 0.3) is 5.56 Å². The Balaban J connectivity index is 1.51. The van der Waals surface area contributed by atoms with Gasteiger partial charge in [0.1, 0.15) is 30.6 Å². The zero-order valence-corrected chi connectivity index (χ0v) is 16.6. The van der Waals surface area contributed by atoms with Crippen LogP contribution in [0.5, 0.6) is 0 Å². The van der Waals surface area contributed by atoms with E-state index in [-0.39, 0.29) is 6.42 Å². The molecule has 0 spiro atoms. The fraction of sp³-hybridized carbons (Fsp3) is 0.350. The van der Waals surface area contributed by atoms with E-state index >= 15 is 0 Å². The average molecular weight is 446 g/mol. The van der Waals surface area contributed by atoms with E-state index in [4.69, 9.17) is 4.74 Å². The van der Waals surface area contributed by atoms with Gasteiger partial charge in [0.2, 0.25) is 0 Å². The molecule has 1 aliphatic heterocycles. The lowest BCUT2D eigenvalue weighted by molar-refractivity contribution is -0.143. The summed E-state index contributed by atoms with van der Waals surface area (Å²) in [4.78, 5) is 40.1. The monoisotopic (exact) mass is 446 g/mol. The Hall–Kier alpha value is -3.29. The summed E-state index contributed by atoms with van der Waals surface area (Å²) in [5.74, 6) is -1.24. The molecule has 0 aliphatic carbocycles. The number of ether oxygens (including phenoxy) is 1. The number of benzene rings is 1. The van der Waals surface area contributed by atoms with Crippen molar-refractivity contribution in [2.75, 3.05) is 0 Å². The third kappa shape index (κ3) is 4.09. The number of aromatic amines is 2. The highest BCUT2D eigenvalue weighted by Crippen LogP contribution is 2.30. The van der Waals surface area contributed by atoms with Crippen molar-refractivity contribution < 1.29 is 30.0 Å². The van der Waals surface area contributed by atoms with E-state index in [1.54, 1.807) is 6.20 Å². The summed E-state index contributed by atoms with van der Waals surface area (Å²) in [6.45, 7) is 0. The minimum Gasteiger partial charge on any atom is -0.480 e. The molecule has 1 saturated heterocycles. The molecular formula is C20H22N4O8. The van der Waals surface area contributed by atoms with Crippen molar-refractivity contribution in [2.24, 2.45) is 0 Å². The normalized spacial score (nSPS) is 25.1. The number of carboxylic acids is 1. The Morgan fingerprint density at radius 2 is 1.94 bits per heavy atom. The lowest BCUT2D eigenvalue weighted by Crippen LogP contribution is -2.53. The molecule has 2 aromatic heterocycles. The molecule has 1 unspecified atom stereocenters. The molecule has 12 heteroatoms. The van der Waals surface area contributed by atoms with Crippen LogP contribution in [0.3, 0.4) is 0 Å². The van der Waals surface area contributed by atoms with E-state index in [2.05, 4.69) is 10.3 Å². The first-order valence-electron chi connectivity index (χ1n) is 9.81. The van der Waals surface area contributed by atoms with Gasteiger partial charge in [-0.25, -0.2) is 4.79 Å². The van der Waals surface area contributed by atoms with Crippen LogP contribution in [-0.2, 0) is 16.0 Å². The first-order chi connectivity index (χ1) is 15.3. The van der Waals surface area contributed by atoms with Gasteiger partial charge in [-0.15, -0.1) is 0 Å². The molecule has 0 amide bonds. The van der Waals surface area contributed by atoms with Gasteiger partial charge in [0.05, 0.1) is 0 Å². The minimum atomic E-state index is -1.69. The number of aliphatic hydroxyl groups excluding tert-OH is 3. The molecule has 0 radical (unpaired) electrons. The number of hydrogen-bond donors (Lipinski definition) is 7. The second-order valence-corrected chi connectivity index (χ2v) is 7.56. The summed E-state index contributed by atoms with van der Waals surface area (Å²) >= 11 is 0. The molecule has 3 heterocycles. The van der Waals surface area contributed by atoms with Crippen LogP contribution in [0.2, 0.25) is 0 Å². The smallest absolute Gasteiger partial charge is 0.330 e. The number of H-pyrrole nitrogens is 2. The fourth-order valence-electron chi connectivity index (χ4n) is 3.84. The summed E-state index contributed by atoms with van der Waals surface area (Å²) < 4.78 is 6.33. The Bertz CT molecular complexity index is 1230. The van der Waals surface area contributed by atoms with Gasteiger partial charge < -0.3 is 30.1 Å². The fourth-order valence-corrected chi connectivity index (χ4v) is 3.84. The number of aromatic nitrogens is 3. The SMILES string of the molecule is O=C(O)[C@H](Cc1c[nH]c2ccccc12)NC(O)[C@H]1O[C@@H](n2ccc(=O)[nH]c2=O)[C@H](O)[C@@H]1O. The van der Waals surface area contributed by atoms with Gasteiger partial charge in [0, 0.05) is 35.8 Å². The Labute approximate surface area is 179 Å². The third-order valence-corrected chi connectivity index (χ3v) is 5.48. The van der Waals surface area contributed by atoms with Gasteiger partial charge in [-0.2, -0.15) is 0 Å². The summed E-state index contributed by atoms with van der Waals surface area (Å²) in [6, 6.07) is 7.14. The largest absolute Gasteiger partial charge is 0.480 e. The second-order valence-electron chi connectivity index (χ2n) is 7.56. The molecule has 0 saturated carbocycles. The highest BCUT2D eigenvalue weighted by Gasteiger charge is 2.47. The highest BCUT2D eigenvalue weighted by atomic mass is 16.6. The molecule has 170 valence electrons. The van der Waals surface area contributed by atoms with Crippen molar-refractivity contribution in [3.05, 3.63) is 69.1 Å². The molecule has 3 aromatic rings. The van der Waals surface area contributed by atoms with Crippen LogP contribution in [0.15, 0.2) is 52.3 Å². The number of nitrogens with zero attached hydrogens (tertiary/aromatic N) is 1. The molecular weight excluding hydrogens is 424 g/mol. The van der Waals surface area contributed by atoms with E-state index in [9.17, 15) is 34.8 Å². The third-order valence-electron chi connectivity index (χ3n) is 5.48. The van der Waals surface area contributed by atoms with Gasteiger partial charge in [0.15, 0.2) is 6.23 Å². The average Bonchev–Trinajstić information content (AvgIpc) is 3.29.